The quantitative estimate of drug-likeness (QED) is 0.594. The van der Waals surface area contributed by atoms with Gasteiger partial charge in [0.25, 0.3) is 0 Å². The van der Waals surface area contributed by atoms with Crippen LogP contribution in [0.5, 0.6) is 0 Å². The molecule has 1 fully saturated rings. The molecule has 118 valence electrons. The van der Waals surface area contributed by atoms with E-state index in [2.05, 4.69) is 6.92 Å². The summed E-state index contributed by atoms with van der Waals surface area (Å²) in [6, 6.07) is 0. The summed E-state index contributed by atoms with van der Waals surface area (Å²) < 4.78 is 11.5. The molecule has 2 atom stereocenters. The van der Waals surface area contributed by atoms with E-state index in [0.29, 0.717) is 24.9 Å². The van der Waals surface area contributed by atoms with Crippen LogP contribution in [0.1, 0.15) is 58.3 Å². The molecule has 20 heavy (non-hydrogen) atoms. The Balaban J connectivity index is 2.13. The van der Waals surface area contributed by atoms with Crippen LogP contribution in [0.2, 0.25) is 0 Å². The average Bonchev–Trinajstić information content (AvgIpc) is 2.44. The normalized spacial score (nSPS) is 22.9. The van der Waals surface area contributed by atoms with Crippen molar-refractivity contribution in [1.29, 1.82) is 0 Å². The highest BCUT2D eigenvalue weighted by molar-refractivity contribution is 5.73. The van der Waals surface area contributed by atoms with E-state index < -0.39 is 0 Å². The number of carbonyl (C=O) groups is 1. The van der Waals surface area contributed by atoms with E-state index in [1.54, 1.807) is 0 Å². The first-order valence-corrected chi connectivity index (χ1v) is 8.17. The maximum Gasteiger partial charge on any atom is 0.217 e. The summed E-state index contributed by atoms with van der Waals surface area (Å²) in [7, 11) is 0. The van der Waals surface area contributed by atoms with E-state index in [1.807, 2.05) is 0 Å². The number of hydrogen-bond acceptors (Lipinski definition) is 3. The van der Waals surface area contributed by atoms with Crippen molar-refractivity contribution in [1.82, 2.24) is 0 Å². The molecule has 0 aromatic carbocycles. The molecule has 1 saturated carbocycles. The fraction of sp³-hybridized carbons (Fsp3) is 0.938. The zero-order chi connectivity index (χ0) is 14.6. The molecule has 1 aliphatic carbocycles. The Labute approximate surface area is 123 Å². The summed E-state index contributed by atoms with van der Waals surface area (Å²) >= 11 is 0. The molecule has 1 aliphatic rings. The molecule has 0 heterocycles. The minimum absolute atomic E-state index is 0.242. The summed E-state index contributed by atoms with van der Waals surface area (Å²) in [5.41, 5.74) is 5.11. The van der Waals surface area contributed by atoms with Crippen molar-refractivity contribution in [2.75, 3.05) is 26.4 Å². The number of primary amides is 1. The number of unbranched alkanes of at least 4 members (excludes halogenated alkanes) is 1. The van der Waals surface area contributed by atoms with Crippen LogP contribution in [0.4, 0.5) is 0 Å². The van der Waals surface area contributed by atoms with E-state index in [4.69, 9.17) is 15.2 Å². The second-order valence-corrected chi connectivity index (χ2v) is 5.88. The van der Waals surface area contributed by atoms with Crippen LogP contribution in [0, 0.1) is 11.8 Å². The van der Waals surface area contributed by atoms with Gasteiger partial charge < -0.3 is 15.2 Å². The Bertz CT molecular complexity index is 258. The summed E-state index contributed by atoms with van der Waals surface area (Å²) in [4.78, 5) is 10.6. The molecule has 1 amide bonds. The van der Waals surface area contributed by atoms with Crippen LogP contribution in [-0.2, 0) is 14.3 Å². The van der Waals surface area contributed by atoms with Gasteiger partial charge in [-0.3, -0.25) is 4.79 Å². The molecular weight excluding hydrogens is 254 g/mol. The monoisotopic (exact) mass is 285 g/mol. The zero-order valence-corrected chi connectivity index (χ0v) is 12.9. The lowest BCUT2D eigenvalue weighted by atomic mass is 9.80. The lowest BCUT2D eigenvalue weighted by Gasteiger charge is -2.31. The van der Waals surface area contributed by atoms with E-state index >= 15 is 0 Å². The third-order valence-electron chi connectivity index (χ3n) is 4.08. The summed E-state index contributed by atoms with van der Waals surface area (Å²) in [6.07, 6.45) is 8.64. The fourth-order valence-electron chi connectivity index (χ4n) is 2.79. The minimum Gasteiger partial charge on any atom is -0.381 e. The molecule has 4 nitrogen and oxygen atoms in total. The summed E-state index contributed by atoms with van der Waals surface area (Å²) in [6.45, 7) is 5.41. The number of rotatable bonds is 11. The van der Waals surface area contributed by atoms with Crippen LogP contribution in [0.3, 0.4) is 0 Å². The van der Waals surface area contributed by atoms with Gasteiger partial charge in [-0.25, -0.2) is 0 Å². The van der Waals surface area contributed by atoms with E-state index in [-0.39, 0.29) is 5.91 Å². The Hall–Kier alpha value is -0.610. The van der Waals surface area contributed by atoms with Crippen LogP contribution < -0.4 is 5.73 Å². The van der Waals surface area contributed by atoms with Gasteiger partial charge in [0, 0.05) is 32.8 Å². The predicted octanol–water partition coefficient (Wildman–Crippen LogP) is 2.89. The Morgan fingerprint density at radius 2 is 1.60 bits per heavy atom. The number of hydrogen-bond donors (Lipinski definition) is 1. The van der Waals surface area contributed by atoms with E-state index in [1.165, 1.54) is 32.1 Å². The van der Waals surface area contributed by atoms with Gasteiger partial charge >= 0.3 is 0 Å². The van der Waals surface area contributed by atoms with Gasteiger partial charge in [-0.1, -0.05) is 26.2 Å². The van der Waals surface area contributed by atoms with Gasteiger partial charge in [0.15, 0.2) is 0 Å². The van der Waals surface area contributed by atoms with Crippen LogP contribution in [-0.4, -0.2) is 32.3 Å². The van der Waals surface area contributed by atoms with Gasteiger partial charge in [-0.15, -0.1) is 0 Å². The largest absolute Gasteiger partial charge is 0.381 e. The number of amides is 1. The molecule has 0 bridgehead atoms. The first-order valence-electron chi connectivity index (χ1n) is 8.17. The van der Waals surface area contributed by atoms with Gasteiger partial charge in [0.1, 0.15) is 0 Å². The second kappa shape index (κ2) is 11.1. The number of carbonyl (C=O) groups excluding carboxylic acids is 1. The van der Waals surface area contributed by atoms with E-state index in [9.17, 15) is 4.79 Å². The van der Waals surface area contributed by atoms with Crippen molar-refractivity contribution in [3.63, 3.8) is 0 Å². The standard InChI is InChI=1S/C16H31NO3/c1-2-3-10-19-12-14-7-4-5-8-15(14)13-20-11-6-9-16(17)18/h14-15H,2-13H2,1H3,(H2,17,18)/t14-,15?/m1/s1. The van der Waals surface area contributed by atoms with Crippen molar-refractivity contribution < 1.29 is 14.3 Å². The summed E-state index contributed by atoms with van der Waals surface area (Å²) in [5.74, 6) is 1.03. The first-order chi connectivity index (χ1) is 9.74. The van der Waals surface area contributed by atoms with Gasteiger partial charge in [0.05, 0.1) is 0 Å². The third-order valence-corrected chi connectivity index (χ3v) is 4.08. The third kappa shape index (κ3) is 7.85. The first kappa shape index (κ1) is 17.4. The van der Waals surface area contributed by atoms with Crippen molar-refractivity contribution >= 4 is 5.91 Å². The average molecular weight is 285 g/mol. The predicted molar refractivity (Wildman–Crippen MR) is 80.4 cm³/mol. The van der Waals surface area contributed by atoms with Crippen molar-refractivity contribution in [2.24, 2.45) is 17.6 Å². The molecule has 2 N–H and O–H groups in total. The molecule has 1 unspecified atom stereocenters. The molecule has 0 spiro atoms. The van der Waals surface area contributed by atoms with Crippen LogP contribution in [0.15, 0.2) is 0 Å². The van der Waals surface area contributed by atoms with Gasteiger partial charge in [0.2, 0.25) is 5.91 Å². The molecule has 0 saturated heterocycles. The molecular formula is C16H31NO3. The number of nitrogens with two attached hydrogens (primary N) is 1. The lowest BCUT2D eigenvalue weighted by molar-refractivity contribution is -0.118. The van der Waals surface area contributed by atoms with Crippen molar-refractivity contribution in [3.05, 3.63) is 0 Å². The molecule has 0 aromatic heterocycles. The second-order valence-electron chi connectivity index (χ2n) is 5.88. The highest BCUT2D eigenvalue weighted by Crippen LogP contribution is 2.30. The molecule has 4 heteroatoms. The smallest absolute Gasteiger partial charge is 0.217 e. The van der Waals surface area contributed by atoms with Crippen LogP contribution >= 0.6 is 0 Å². The van der Waals surface area contributed by atoms with Crippen LogP contribution in [0.25, 0.3) is 0 Å². The highest BCUT2D eigenvalue weighted by atomic mass is 16.5. The molecule has 1 rings (SSSR count). The Kier molecular flexibility index (Phi) is 9.67. The zero-order valence-electron chi connectivity index (χ0n) is 12.9. The topological polar surface area (TPSA) is 61.6 Å². The maximum absolute atomic E-state index is 10.6. The lowest BCUT2D eigenvalue weighted by Crippen LogP contribution is -2.28. The van der Waals surface area contributed by atoms with Crippen molar-refractivity contribution in [2.45, 2.75) is 58.3 Å². The van der Waals surface area contributed by atoms with E-state index in [0.717, 1.165) is 32.7 Å². The minimum atomic E-state index is -0.242. The van der Waals surface area contributed by atoms with Gasteiger partial charge in [-0.2, -0.15) is 0 Å². The Morgan fingerprint density at radius 1 is 1.05 bits per heavy atom. The van der Waals surface area contributed by atoms with Gasteiger partial charge in [-0.05, 0) is 37.5 Å². The number of ether oxygens (including phenoxy) is 2. The fourth-order valence-corrected chi connectivity index (χ4v) is 2.79. The molecule has 0 radical (unpaired) electrons. The SMILES string of the molecule is CCCCOC[C@H]1CCCCC1COCCCC(N)=O. The highest BCUT2D eigenvalue weighted by Gasteiger charge is 2.25. The molecule has 0 aromatic rings. The summed E-state index contributed by atoms with van der Waals surface area (Å²) in [5, 5.41) is 0. The van der Waals surface area contributed by atoms with Crippen molar-refractivity contribution in [3.8, 4) is 0 Å². The maximum atomic E-state index is 10.6. The molecule has 0 aliphatic heterocycles. The Morgan fingerprint density at radius 3 is 2.10 bits per heavy atom.